The van der Waals surface area contributed by atoms with Crippen LogP contribution in [0.15, 0.2) is 0 Å². The number of hydrogen-bond donors (Lipinski definition) is 2. The van der Waals surface area contributed by atoms with E-state index in [0.717, 1.165) is 13.1 Å². The monoisotopic (exact) mass is 269 g/mol. The van der Waals surface area contributed by atoms with Crippen LogP contribution >= 0.6 is 0 Å². The van der Waals surface area contributed by atoms with Gasteiger partial charge >= 0.3 is 12.2 Å². The SMILES string of the molecule is CCN1CCOC(CNC(=O)NCC(F)(F)F)C1. The fourth-order valence-electron chi connectivity index (χ4n) is 1.64. The molecule has 1 saturated heterocycles. The minimum absolute atomic E-state index is 0.171. The number of halogens is 3. The third-order valence-electron chi connectivity index (χ3n) is 2.61. The number of carbonyl (C=O) groups is 1. The first-order chi connectivity index (χ1) is 8.40. The maximum Gasteiger partial charge on any atom is 0.405 e. The Morgan fingerprint density at radius 1 is 1.44 bits per heavy atom. The van der Waals surface area contributed by atoms with Crippen molar-refractivity contribution < 1.29 is 22.7 Å². The van der Waals surface area contributed by atoms with Gasteiger partial charge in [0.25, 0.3) is 0 Å². The minimum Gasteiger partial charge on any atom is -0.374 e. The second-order valence-electron chi connectivity index (χ2n) is 4.06. The summed E-state index contributed by atoms with van der Waals surface area (Å²) in [5.74, 6) is 0. The van der Waals surface area contributed by atoms with E-state index >= 15 is 0 Å². The lowest BCUT2D eigenvalue weighted by molar-refractivity contribution is -0.122. The average Bonchev–Trinajstić information content (AvgIpc) is 2.33. The van der Waals surface area contributed by atoms with Gasteiger partial charge in [-0.2, -0.15) is 13.2 Å². The number of urea groups is 1. The molecular formula is C10H18F3N3O2. The largest absolute Gasteiger partial charge is 0.405 e. The second-order valence-corrected chi connectivity index (χ2v) is 4.06. The molecule has 0 aliphatic carbocycles. The van der Waals surface area contributed by atoms with Crippen molar-refractivity contribution in [2.24, 2.45) is 0 Å². The first-order valence-electron chi connectivity index (χ1n) is 5.83. The molecule has 0 spiro atoms. The number of likely N-dealkylation sites (N-methyl/N-ethyl adjacent to an activating group) is 1. The molecule has 2 N–H and O–H groups in total. The molecule has 0 aromatic heterocycles. The van der Waals surface area contributed by atoms with Crippen LogP contribution in [0, 0.1) is 0 Å². The molecule has 106 valence electrons. The van der Waals surface area contributed by atoms with E-state index in [2.05, 4.69) is 10.2 Å². The van der Waals surface area contributed by atoms with Gasteiger partial charge in [0.1, 0.15) is 6.54 Å². The van der Waals surface area contributed by atoms with Crippen molar-refractivity contribution in [2.45, 2.75) is 19.2 Å². The molecule has 5 nitrogen and oxygen atoms in total. The molecule has 0 bridgehead atoms. The lowest BCUT2D eigenvalue weighted by atomic mass is 10.2. The number of ether oxygens (including phenoxy) is 1. The van der Waals surface area contributed by atoms with Crippen molar-refractivity contribution in [3.05, 3.63) is 0 Å². The number of carbonyl (C=O) groups excluding carboxylic acids is 1. The third-order valence-corrected chi connectivity index (χ3v) is 2.61. The molecule has 1 aliphatic rings. The van der Waals surface area contributed by atoms with Crippen molar-refractivity contribution in [3.8, 4) is 0 Å². The van der Waals surface area contributed by atoms with Gasteiger partial charge in [-0.15, -0.1) is 0 Å². The van der Waals surface area contributed by atoms with Gasteiger partial charge in [-0.3, -0.25) is 4.90 Å². The Balaban J connectivity index is 2.18. The number of morpholine rings is 1. The predicted molar refractivity (Wildman–Crippen MR) is 59.3 cm³/mol. The number of rotatable bonds is 4. The molecule has 1 atom stereocenters. The van der Waals surface area contributed by atoms with Crippen LogP contribution < -0.4 is 10.6 Å². The van der Waals surface area contributed by atoms with Crippen LogP contribution in [0.4, 0.5) is 18.0 Å². The minimum atomic E-state index is -4.39. The topological polar surface area (TPSA) is 53.6 Å². The van der Waals surface area contributed by atoms with Gasteiger partial charge in [0.05, 0.1) is 12.7 Å². The Morgan fingerprint density at radius 3 is 2.78 bits per heavy atom. The maximum atomic E-state index is 11.8. The molecule has 0 radical (unpaired) electrons. The number of nitrogens with zero attached hydrogens (tertiary/aromatic N) is 1. The second kappa shape index (κ2) is 6.79. The summed E-state index contributed by atoms with van der Waals surface area (Å²) in [6.07, 6.45) is -4.56. The van der Waals surface area contributed by atoms with Gasteiger partial charge in [0, 0.05) is 19.6 Å². The van der Waals surface area contributed by atoms with Crippen molar-refractivity contribution in [2.75, 3.05) is 39.3 Å². The number of amides is 2. The summed E-state index contributed by atoms with van der Waals surface area (Å²) < 4.78 is 40.9. The molecule has 1 heterocycles. The fraction of sp³-hybridized carbons (Fsp3) is 0.900. The Kier molecular flexibility index (Phi) is 5.67. The van der Waals surface area contributed by atoms with Gasteiger partial charge < -0.3 is 15.4 Å². The van der Waals surface area contributed by atoms with Crippen molar-refractivity contribution in [1.82, 2.24) is 15.5 Å². The summed E-state index contributed by atoms with van der Waals surface area (Å²) in [4.78, 5) is 13.2. The predicted octanol–water partition coefficient (Wildman–Crippen LogP) is 0.569. The van der Waals surface area contributed by atoms with E-state index in [1.165, 1.54) is 0 Å². The summed E-state index contributed by atoms with van der Waals surface area (Å²) in [6.45, 7) is 3.88. The molecule has 2 amide bonds. The Labute approximate surface area is 104 Å². The van der Waals surface area contributed by atoms with Crippen LogP contribution in [0.2, 0.25) is 0 Å². The van der Waals surface area contributed by atoms with E-state index in [4.69, 9.17) is 4.74 Å². The standard InChI is InChI=1S/C10H18F3N3O2/c1-2-16-3-4-18-8(6-16)5-14-9(17)15-7-10(11,12)13/h8H,2-7H2,1H3,(H2,14,15,17). The smallest absolute Gasteiger partial charge is 0.374 e. The molecule has 0 saturated carbocycles. The number of nitrogens with one attached hydrogen (secondary N) is 2. The molecule has 0 aromatic carbocycles. The summed E-state index contributed by atoms with van der Waals surface area (Å²) in [6, 6.07) is -0.829. The zero-order valence-electron chi connectivity index (χ0n) is 10.2. The first-order valence-corrected chi connectivity index (χ1v) is 5.83. The van der Waals surface area contributed by atoms with Crippen molar-refractivity contribution in [3.63, 3.8) is 0 Å². The molecule has 1 fully saturated rings. The fourth-order valence-corrected chi connectivity index (χ4v) is 1.64. The molecule has 8 heteroatoms. The highest BCUT2D eigenvalue weighted by Gasteiger charge is 2.28. The quantitative estimate of drug-likeness (QED) is 0.784. The highest BCUT2D eigenvalue weighted by Crippen LogP contribution is 2.11. The molecule has 0 aromatic rings. The van der Waals surface area contributed by atoms with Gasteiger partial charge in [-0.05, 0) is 6.54 Å². The zero-order valence-corrected chi connectivity index (χ0v) is 10.2. The summed E-state index contributed by atoms with van der Waals surface area (Å²) >= 11 is 0. The van der Waals surface area contributed by atoms with Crippen LogP contribution in [0.5, 0.6) is 0 Å². The molecule has 1 aliphatic heterocycles. The van der Waals surface area contributed by atoms with E-state index in [9.17, 15) is 18.0 Å². The number of hydrogen-bond acceptors (Lipinski definition) is 3. The summed E-state index contributed by atoms with van der Waals surface area (Å²) in [7, 11) is 0. The molecule has 1 rings (SSSR count). The van der Waals surface area contributed by atoms with Crippen LogP contribution in [0.3, 0.4) is 0 Å². The number of alkyl halides is 3. The Bertz CT molecular complexity index is 274. The van der Waals surface area contributed by atoms with Crippen LogP contribution in [-0.4, -0.2) is 62.5 Å². The lowest BCUT2D eigenvalue weighted by Gasteiger charge is -2.32. The lowest BCUT2D eigenvalue weighted by Crippen LogP contribution is -2.49. The average molecular weight is 269 g/mol. The van der Waals surface area contributed by atoms with E-state index in [1.807, 2.05) is 6.92 Å². The molecule has 18 heavy (non-hydrogen) atoms. The summed E-state index contributed by atoms with van der Waals surface area (Å²) in [5, 5.41) is 4.11. The van der Waals surface area contributed by atoms with Gasteiger partial charge in [0.15, 0.2) is 0 Å². The van der Waals surface area contributed by atoms with Crippen LogP contribution in [0.1, 0.15) is 6.92 Å². The van der Waals surface area contributed by atoms with Crippen molar-refractivity contribution in [1.29, 1.82) is 0 Å². The van der Waals surface area contributed by atoms with Gasteiger partial charge in [-0.25, -0.2) is 4.79 Å². The van der Waals surface area contributed by atoms with Crippen LogP contribution in [-0.2, 0) is 4.74 Å². The first kappa shape index (κ1) is 15.0. The third kappa shape index (κ3) is 6.06. The van der Waals surface area contributed by atoms with Crippen LogP contribution in [0.25, 0.3) is 0 Å². The molecular weight excluding hydrogens is 251 g/mol. The van der Waals surface area contributed by atoms with Crippen molar-refractivity contribution >= 4 is 6.03 Å². The highest BCUT2D eigenvalue weighted by molar-refractivity contribution is 5.73. The van der Waals surface area contributed by atoms with E-state index in [1.54, 1.807) is 5.32 Å². The normalized spacial score (nSPS) is 21.7. The summed E-state index contributed by atoms with van der Waals surface area (Å²) in [5.41, 5.74) is 0. The molecule has 1 unspecified atom stereocenters. The van der Waals surface area contributed by atoms with Gasteiger partial charge in [-0.1, -0.05) is 6.92 Å². The van der Waals surface area contributed by atoms with E-state index in [0.29, 0.717) is 13.2 Å². The maximum absolute atomic E-state index is 11.8. The van der Waals surface area contributed by atoms with E-state index < -0.39 is 18.8 Å². The Hall–Kier alpha value is -1.02. The van der Waals surface area contributed by atoms with Gasteiger partial charge in [0.2, 0.25) is 0 Å². The Morgan fingerprint density at radius 2 is 2.17 bits per heavy atom. The highest BCUT2D eigenvalue weighted by atomic mass is 19.4. The zero-order chi connectivity index (χ0) is 13.6. The van der Waals surface area contributed by atoms with E-state index in [-0.39, 0.29) is 12.6 Å².